The summed E-state index contributed by atoms with van der Waals surface area (Å²) in [7, 11) is 0.572. The number of hydrogen-bond donors (Lipinski definition) is 2. The summed E-state index contributed by atoms with van der Waals surface area (Å²) in [4.78, 5) is 11.7. The lowest BCUT2D eigenvalue weighted by Gasteiger charge is -2.32. The van der Waals surface area contributed by atoms with Gasteiger partial charge in [-0.1, -0.05) is 6.07 Å². The molecule has 0 aromatic heterocycles. The van der Waals surface area contributed by atoms with Crippen molar-refractivity contribution in [3.8, 4) is 0 Å². The molecule has 1 aliphatic heterocycles. The van der Waals surface area contributed by atoms with Crippen LogP contribution in [0.25, 0.3) is 0 Å². The average molecular weight is 324 g/mol. The minimum absolute atomic E-state index is 0.159. The van der Waals surface area contributed by atoms with Gasteiger partial charge in [0.05, 0.1) is 23.4 Å². The maximum atomic E-state index is 14.9. The van der Waals surface area contributed by atoms with Gasteiger partial charge in [-0.15, -0.1) is 0 Å². The van der Waals surface area contributed by atoms with Crippen LogP contribution in [-0.2, 0) is 20.7 Å². The highest BCUT2D eigenvalue weighted by Crippen LogP contribution is 2.37. The Morgan fingerprint density at radius 1 is 1.30 bits per heavy atom. The fourth-order valence-corrected chi connectivity index (χ4v) is 2.38. The van der Waals surface area contributed by atoms with Gasteiger partial charge in [0.1, 0.15) is 5.82 Å². The molecule has 2 rings (SSSR count). The third-order valence-corrected chi connectivity index (χ3v) is 4.43. The number of ether oxygens (including phenoxy) is 1. The zero-order valence-corrected chi connectivity index (χ0v) is 14.0. The topological polar surface area (TPSA) is 82.8 Å². The third-order valence-electron chi connectivity index (χ3n) is 4.43. The van der Waals surface area contributed by atoms with Gasteiger partial charge in [-0.3, -0.25) is 10.2 Å². The third kappa shape index (κ3) is 3.12. The van der Waals surface area contributed by atoms with Gasteiger partial charge in [-0.25, -0.2) is 10.2 Å². The predicted molar refractivity (Wildman–Crippen MR) is 84.5 cm³/mol. The first-order chi connectivity index (χ1) is 10.6. The molecule has 3 N–H and O–H groups in total. The molecule has 0 unspecified atom stereocenters. The lowest BCUT2D eigenvalue weighted by Crippen LogP contribution is -2.41. The highest BCUT2D eigenvalue weighted by molar-refractivity contribution is 6.62. The van der Waals surface area contributed by atoms with E-state index in [1.807, 2.05) is 33.1 Å². The smallest absolute Gasteiger partial charge is 0.399 e. The molecular weight excluding hydrogens is 302 g/mol. The molecule has 0 atom stereocenters. The van der Waals surface area contributed by atoms with Crippen molar-refractivity contribution in [2.45, 2.75) is 45.5 Å². The Labute approximate surface area is 135 Å². The van der Waals surface area contributed by atoms with Gasteiger partial charge in [-0.05, 0) is 39.3 Å². The molecule has 1 aromatic rings. The molecule has 6 nitrogen and oxygen atoms in total. The molecule has 0 saturated carbocycles. The van der Waals surface area contributed by atoms with Crippen molar-refractivity contribution in [3.63, 3.8) is 0 Å². The zero-order valence-electron chi connectivity index (χ0n) is 14.0. The van der Waals surface area contributed by atoms with Gasteiger partial charge in [0, 0.05) is 12.6 Å². The number of rotatable bonds is 4. The maximum absolute atomic E-state index is 14.9. The summed E-state index contributed by atoms with van der Waals surface area (Å²) in [5.41, 5.74) is 1.23. The highest BCUT2D eigenvalue weighted by atomic mass is 19.1. The monoisotopic (exact) mass is 324 g/mol. The first-order valence-electron chi connectivity index (χ1n) is 7.31. The van der Waals surface area contributed by atoms with Crippen LogP contribution >= 0.6 is 0 Å². The highest BCUT2D eigenvalue weighted by Gasteiger charge is 2.53. The van der Waals surface area contributed by atoms with E-state index in [1.165, 1.54) is 13.2 Å². The lowest BCUT2D eigenvalue weighted by molar-refractivity contribution is 0.00578. The number of nitrogen functional groups attached to an aromatic ring is 1. The first kappa shape index (κ1) is 17.9. The van der Waals surface area contributed by atoms with Gasteiger partial charge < -0.3 is 14.0 Å². The molecular formula is C15H22BFN2O4. The molecule has 0 bridgehead atoms. The van der Waals surface area contributed by atoms with E-state index in [1.54, 1.807) is 6.07 Å². The number of amides is 1. The van der Waals surface area contributed by atoms with E-state index in [0.717, 1.165) is 0 Å². The van der Waals surface area contributed by atoms with Crippen LogP contribution in [0.3, 0.4) is 0 Å². The second-order valence-corrected chi connectivity index (χ2v) is 6.49. The largest absolute Gasteiger partial charge is 0.498 e. The number of benzene rings is 1. The van der Waals surface area contributed by atoms with Crippen LogP contribution in [0.4, 0.5) is 4.39 Å². The standard InChI is InChI=1S/C15H22BFN2O4/c1-14(2)15(3,4)23-16(22-14)11-9(8-21-5)6-7-10(12(11)17)13(20)19-18/h6-7H,8,18H2,1-5H3,(H,19,20). The molecule has 1 aliphatic rings. The Morgan fingerprint density at radius 2 is 1.87 bits per heavy atom. The van der Waals surface area contributed by atoms with Crippen molar-refractivity contribution in [2.75, 3.05) is 7.11 Å². The zero-order chi connectivity index (χ0) is 17.4. The number of nitrogens with two attached hydrogens (primary N) is 1. The number of carbonyl (C=O) groups is 1. The second-order valence-electron chi connectivity index (χ2n) is 6.49. The summed E-state index contributed by atoms with van der Waals surface area (Å²) in [6, 6.07) is 2.97. The average Bonchev–Trinajstić information content (AvgIpc) is 2.67. The van der Waals surface area contributed by atoms with Gasteiger partial charge in [-0.2, -0.15) is 0 Å². The lowest BCUT2D eigenvalue weighted by atomic mass is 9.74. The Morgan fingerprint density at radius 3 is 2.35 bits per heavy atom. The molecule has 1 saturated heterocycles. The Hall–Kier alpha value is -1.48. The number of carbonyl (C=O) groups excluding carboxylic acids is 1. The molecule has 0 spiro atoms. The van der Waals surface area contributed by atoms with E-state index in [2.05, 4.69) is 0 Å². The summed E-state index contributed by atoms with van der Waals surface area (Å²) in [6.07, 6.45) is 0. The predicted octanol–water partition coefficient (Wildman–Crippen LogP) is 0.875. The number of halogens is 1. The van der Waals surface area contributed by atoms with Crippen molar-refractivity contribution in [1.82, 2.24) is 5.43 Å². The number of hydrazine groups is 1. The number of hydrogen-bond acceptors (Lipinski definition) is 5. The van der Waals surface area contributed by atoms with Crippen LogP contribution < -0.4 is 16.7 Å². The SMILES string of the molecule is COCc1ccc(C(=O)NN)c(F)c1B1OC(C)(C)C(C)(C)O1. The fraction of sp³-hybridized carbons (Fsp3) is 0.533. The Balaban J connectivity index is 2.53. The Kier molecular flexibility index (Phi) is 4.82. The number of methoxy groups -OCH3 is 1. The van der Waals surface area contributed by atoms with E-state index in [0.29, 0.717) is 5.56 Å². The molecule has 1 heterocycles. The van der Waals surface area contributed by atoms with Crippen molar-refractivity contribution >= 4 is 18.5 Å². The van der Waals surface area contributed by atoms with Crippen LogP contribution in [0.5, 0.6) is 0 Å². The Bertz CT molecular complexity index is 606. The molecule has 8 heteroatoms. The van der Waals surface area contributed by atoms with Crippen molar-refractivity contribution in [2.24, 2.45) is 5.84 Å². The molecule has 0 aliphatic carbocycles. The van der Waals surface area contributed by atoms with Crippen LogP contribution in [0.15, 0.2) is 12.1 Å². The van der Waals surface area contributed by atoms with Gasteiger partial charge in [0.15, 0.2) is 0 Å². The van der Waals surface area contributed by atoms with Gasteiger partial charge >= 0.3 is 7.12 Å². The van der Waals surface area contributed by atoms with Crippen LogP contribution in [0, 0.1) is 5.82 Å². The summed E-state index contributed by atoms with van der Waals surface area (Å²) in [5.74, 6) is 3.67. The van der Waals surface area contributed by atoms with Crippen molar-refractivity contribution in [3.05, 3.63) is 29.1 Å². The molecule has 1 fully saturated rings. The van der Waals surface area contributed by atoms with Crippen LogP contribution in [-0.4, -0.2) is 31.3 Å². The fourth-order valence-electron chi connectivity index (χ4n) is 2.38. The van der Waals surface area contributed by atoms with Crippen LogP contribution in [0.2, 0.25) is 0 Å². The van der Waals surface area contributed by atoms with Gasteiger partial charge in [0.25, 0.3) is 5.91 Å². The molecule has 1 aromatic carbocycles. The van der Waals surface area contributed by atoms with E-state index in [4.69, 9.17) is 19.9 Å². The van der Waals surface area contributed by atoms with Crippen molar-refractivity contribution in [1.29, 1.82) is 0 Å². The van der Waals surface area contributed by atoms with E-state index < -0.39 is 30.0 Å². The molecule has 126 valence electrons. The first-order valence-corrected chi connectivity index (χ1v) is 7.31. The maximum Gasteiger partial charge on any atom is 0.498 e. The van der Waals surface area contributed by atoms with E-state index in [-0.39, 0.29) is 17.6 Å². The number of nitrogens with one attached hydrogen (secondary N) is 1. The van der Waals surface area contributed by atoms with Crippen LogP contribution in [0.1, 0.15) is 43.6 Å². The summed E-state index contributed by atoms with van der Waals surface area (Å²) in [6.45, 7) is 7.66. The van der Waals surface area contributed by atoms with E-state index in [9.17, 15) is 9.18 Å². The second kappa shape index (κ2) is 6.20. The molecule has 23 heavy (non-hydrogen) atoms. The summed E-state index contributed by atoms with van der Waals surface area (Å²) in [5, 5.41) is 0. The van der Waals surface area contributed by atoms with Gasteiger partial charge in [0.2, 0.25) is 0 Å². The minimum atomic E-state index is -0.935. The van der Waals surface area contributed by atoms with Crippen molar-refractivity contribution < 1.29 is 23.2 Å². The summed E-state index contributed by atoms with van der Waals surface area (Å²) < 4.78 is 31.8. The molecule has 0 radical (unpaired) electrons. The summed E-state index contributed by atoms with van der Waals surface area (Å²) >= 11 is 0. The minimum Gasteiger partial charge on any atom is -0.399 e. The quantitative estimate of drug-likeness (QED) is 0.372. The molecule has 1 amide bonds. The normalized spacial score (nSPS) is 19.0. The van der Waals surface area contributed by atoms with E-state index >= 15 is 0 Å².